The van der Waals surface area contributed by atoms with E-state index in [0.717, 1.165) is 10.5 Å². The van der Waals surface area contributed by atoms with Gasteiger partial charge in [0.15, 0.2) is 0 Å². The van der Waals surface area contributed by atoms with Gasteiger partial charge in [-0.15, -0.1) is 0 Å². The lowest BCUT2D eigenvalue weighted by Gasteiger charge is -2.03. The van der Waals surface area contributed by atoms with Crippen molar-refractivity contribution >= 4 is 10.5 Å². The Balaban J connectivity index is 2.83. The Morgan fingerprint density at radius 2 is 2.43 bits per heavy atom. The minimum Gasteiger partial charge on any atom is -0.428 e. The molecular weight excluding hydrogens is 108 g/mol. The highest BCUT2D eigenvalue weighted by molar-refractivity contribution is 5.97. The SMILES string of the molecule is CC(CO)CO[SiH3]. The van der Waals surface area contributed by atoms with E-state index in [1.807, 2.05) is 6.92 Å². The first-order valence-corrected chi connectivity index (χ1v) is 3.22. The van der Waals surface area contributed by atoms with E-state index in [-0.39, 0.29) is 6.61 Å². The van der Waals surface area contributed by atoms with Crippen LogP contribution in [0.15, 0.2) is 0 Å². The fourth-order valence-electron chi connectivity index (χ4n) is 0.337. The summed E-state index contributed by atoms with van der Waals surface area (Å²) >= 11 is 0. The van der Waals surface area contributed by atoms with Crippen LogP contribution in [0.4, 0.5) is 0 Å². The predicted molar refractivity (Wildman–Crippen MR) is 32.1 cm³/mol. The summed E-state index contributed by atoms with van der Waals surface area (Å²) < 4.78 is 4.87. The zero-order valence-corrected chi connectivity index (χ0v) is 6.85. The topological polar surface area (TPSA) is 29.5 Å². The van der Waals surface area contributed by atoms with Crippen LogP contribution in [-0.2, 0) is 4.43 Å². The molecule has 0 saturated heterocycles. The second kappa shape index (κ2) is 4.30. The zero-order chi connectivity index (χ0) is 5.70. The molecule has 0 aliphatic heterocycles. The summed E-state index contributed by atoms with van der Waals surface area (Å²) in [5.41, 5.74) is 0. The fraction of sp³-hybridized carbons (Fsp3) is 1.00. The summed E-state index contributed by atoms with van der Waals surface area (Å²) in [6, 6.07) is 0. The molecule has 0 saturated carbocycles. The molecule has 0 heterocycles. The molecule has 0 fully saturated rings. The molecule has 0 radical (unpaired) electrons. The van der Waals surface area contributed by atoms with Crippen LogP contribution in [0.2, 0.25) is 0 Å². The van der Waals surface area contributed by atoms with Gasteiger partial charge in [0.05, 0.1) is 0 Å². The van der Waals surface area contributed by atoms with Gasteiger partial charge in [-0.1, -0.05) is 6.92 Å². The quantitative estimate of drug-likeness (QED) is 0.480. The van der Waals surface area contributed by atoms with Crippen LogP contribution in [-0.4, -0.2) is 28.8 Å². The highest BCUT2D eigenvalue weighted by Crippen LogP contribution is 1.89. The van der Waals surface area contributed by atoms with Crippen molar-refractivity contribution in [3.63, 3.8) is 0 Å². The van der Waals surface area contributed by atoms with Crippen molar-refractivity contribution in [3.8, 4) is 0 Å². The molecule has 0 bridgehead atoms. The Kier molecular flexibility index (Phi) is 4.38. The maximum Gasteiger partial charge on any atom is 0.145 e. The van der Waals surface area contributed by atoms with Gasteiger partial charge in [0.1, 0.15) is 10.5 Å². The maximum absolute atomic E-state index is 8.40. The predicted octanol–water partition coefficient (Wildman–Crippen LogP) is -1.09. The highest BCUT2D eigenvalue weighted by Gasteiger charge is 1.94. The molecule has 0 spiro atoms. The average molecular weight is 120 g/mol. The van der Waals surface area contributed by atoms with Crippen LogP contribution >= 0.6 is 0 Å². The Labute approximate surface area is 47.0 Å². The second-order valence-electron chi connectivity index (χ2n) is 1.74. The molecule has 0 aromatic rings. The molecule has 0 aliphatic carbocycles. The van der Waals surface area contributed by atoms with Crippen molar-refractivity contribution in [2.45, 2.75) is 6.92 Å². The zero-order valence-electron chi connectivity index (χ0n) is 4.85. The van der Waals surface area contributed by atoms with E-state index >= 15 is 0 Å². The first kappa shape index (κ1) is 7.14. The van der Waals surface area contributed by atoms with Crippen LogP contribution in [0.1, 0.15) is 6.92 Å². The standard InChI is InChI=1S/C4H12O2Si/c1-4(2-5)3-6-7/h4-5H,2-3H2,1,7H3. The molecule has 0 amide bonds. The van der Waals surface area contributed by atoms with E-state index < -0.39 is 0 Å². The number of hydrogen-bond acceptors (Lipinski definition) is 2. The van der Waals surface area contributed by atoms with E-state index in [2.05, 4.69) is 0 Å². The third kappa shape index (κ3) is 3.98. The van der Waals surface area contributed by atoms with Crippen LogP contribution in [0.25, 0.3) is 0 Å². The van der Waals surface area contributed by atoms with Crippen molar-refractivity contribution in [2.24, 2.45) is 5.92 Å². The Bertz CT molecular complexity index is 40.7. The summed E-state index contributed by atoms with van der Waals surface area (Å²) in [5, 5.41) is 8.40. The molecule has 1 atom stereocenters. The van der Waals surface area contributed by atoms with Gasteiger partial charge in [-0.2, -0.15) is 0 Å². The van der Waals surface area contributed by atoms with E-state index in [9.17, 15) is 0 Å². The second-order valence-corrected chi connectivity index (χ2v) is 2.32. The molecule has 0 rings (SSSR count). The van der Waals surface area contributed by atoms with Crippen molar-refractivity contribution < 1.29 is 9.53 Å². The van der Waals surface area contributed by atoms with E-state index in [0.29, 0.717) is 12.5 Å². The maximum atomic E-state index is 8.40. The lowest BCUT2D eigenvalue weighted by molar-refractivity contribution is 0.181. The minimum absolute atomic E-state index is 0.238. The summed E-state index contributed by atoms with van der Waals surface area (Å²) in [4.78, 5) is 0. The molecule has 1 N–H and O–H groups in total. The molecular formula is C4H12O2Si. The monoisotopic (exact) mass is 120 g/mol. The van der Waals surface area contributed by atoms with Gasteiger partial charge in [-0.25, -0.2) is 0 Å². The summed E-state index contributed by atoms with van der Waals surface area (Å²) in [6.07, 6.45) is 0. The van der Waals surface area contributed by atoms with Crippen LogP contribution < -0.4 is 0 Å². The number of rotatable bonds is 3. The molecule has 3 heteroatoms. The van der Waals surface area contributed by atoms with Gasteiger partial charge < -0.3 is 9.53 Å². The molecule has 0 aromatic heterocycles. The van der Waals surface area contributed by atoms with Gasteiger partial charge >= 0.3 is 0 Å². The van der Waals surface area contributed by atoms with Gasteiger partial charge in [0.2, 0.25) is 0 Å². The highest BCUT2D eigenvalue weighted by atomic mass is 28.2. The third-order valence-electron chi connectivity index (χ3n) is 0.763. The first-order valence-electron chi connectivity index (χ1n) is 2.41. The van der Waals surface area contributed by atoms with Crippen molar-refractivity contribution in [3.05, 3.63) is 0 Å². The Morgan fingerprint density at radius 1 is 1.86 bits per heavy atom. The van der Waals surface area contributed by atoms with Gasteiger partial charge in [-0.05, 0) is 0 Å². The number of hydrogen-bond donors (Lipinski definition) is 1. The molecule has 0 aliphatic rings. The molecule has 1 unspecified atom stereocenters. The largest absolute Gasteiger partial charge is 0.428 e. The van der Waals surface area contributed by atoms with Crippen molar-refractivity contribution in [1.29, 1.82) is 0 Å². The fourth-order valence-corrected chi connectivity index (χ4v) is 0.906. The first-order chi connectivity index (χ1) is 3.31. The number of aliphatic hydroxyl groups is 1. The number of aliphatic hydroxyl groups excluding tert-OH is 1. The Morgan fingerprint density at radius 3 is 2.57 bits per heavy atom. The summed E-state index contributed by atoms with van der Waals surface area (Å²) in [5.74, 6) is 0.317. The lowest BCUT2D eigenvalue weighted by Crippen LogP contribution is -2.07. The van der Waals surface area contributed by atoms with Gasteiger partial charge in [0.25, 0.3) is 0 Å². The molecule has 44 valence electrons. The Hall–Kier alpha value is 0.137. The van der Waals surface area contributed by atoms with E-state index in [4.69, 9.17) is 9.53 Å². The summed E-state index contributed by atoms with van der Waals surface area (Å²) in [7, 11) is 0.780. The van der Waals surface area contributed by atoms with Crippen molar-refractivity contribution in [2.75, 3.05) is 13.2 Å². The molecule has 7 heavy (non-hydrogen) atoms. The molecule has 2 nitrogen and oxygen atoms in total. The normalized spacial score (nSPS) is 14.6. The summed E-state index contributed by atoms with van der Waals surface area (Å²) in [6.45, 7) is 2.91. The van der Waals surface area contributed by atoms with Gasteiger partial charge in [-0.3, -0.25) is 0 Å². The minimum atomic E-state index is 0.238. The van der Waals surface area contributed by atoms with Crippen LogP contribution in [0.5, 0.6) is 0 Å². The lowest BCUT2D eigenvalue weighted by atomic mass is 10.2. The van der Waals surface area contributed by atoms with E-state index in [1.54, 1.807) is 0 Å². The van der Waals surface area contributed by atoms with Gasteiger partial charge in [0, 0.05) is 19.1 Å². The molecule has 0 aromatic carbocycles. The van der Waals surface area contributed by atoms with Crippen LogP contribution in [0.3, 0.4) is 0 Å². The average Bonchev–Trinajstić information content (AvgIpc) is 1.68. The van der Waals surface area contributed by atoms with Crippen LogP contribution in [0, 0.1) is 5.92 Å². The third-order valence-corrected chi connectivity index (χ3v) is 1.10. The van der Waals surface area contributed by atoms with Crippen molar-refractivity contribution in [1.82, 2.24) is 0 Å². The smallest absolute Gasteiger partial charge is 0.145 e. The van der Waals surface area contributed by atoms with E-state index in [1.165, 1.54) is 0 Å².